The SMILES string of the molecule is CC(C)(C)OC(=O)COc1ccc(S(OS(=O)(=O)c2ccccc2)(c2cccc(OCc3ccccn3)c2)c2cccc(OCc3ccccn3)c2)cc1. The van der Waals surface area contributed by atoms with Gasteiger partial charge in [0.05, 0.1) is 16.3 Å². The number of pyridine rings is 2. The van der Waals surface area contributed by atoms with E-state index in [0.29, 0.717) is 31.9 Å². The molecule has 0 unspecified atom stereocenters. The predicted octanol–water partition coefficient (Wildman–Crippen LogP) is 8.96. The molecule has 2 heterocycles. The van der Waals surface area contributed by atoms with Crippen LogP contribution < -0.4 is 14.2 Å². The first-order chi connectivity index (χ1) is 26.0. The predicted molar refractivity (Wildman–Crippen MR) is 205 cm³/mol. The van der Waals surface area contributed by atoms with Crippen molar-refractivity contribution >= 4 is 26.4 Å². The summed E-state index contributed by atoms with van der Waals surface area (Å²) in [5, 5.41) is 0. The number of benzene rings is 4. The zero-order valence-corrected chi connectivity index (χ0v) is 31.7. The molecule has 10 nitrogen and oxygen atoms in total. The van der Waals surface area contributed by atoms with Crippen molar-refractivity contribution in [1.29, 1.82) is 0 Å². The Bertz CT molecular complexity index is 2160. The second-order valence-electron chi connectivity index (χ2n) is 12.9. The van der Waals surface area contributed by atoms with E-state index in [-0.39, 0.29) is 24.7 Å². The average molecular weight is 765 g/mol. The molecule has 0 aliphatic carbocycles. The van der Waals surface area contributed by atoms with Gasteiger partial charge in [-0.3, -0.25) is 9.97 Å². The quantitative estimate of drug-likeness (QED) is 0.0937. The molecule has 54 heavy (non-hydrogen) atoms. The van der Waals surface area contributed by atoms with Gasteiger partial charge in [0.2, 0.25) is 0 Å². The molecule has 0 spiro atoms. The third-order valence-corrected chi connectivity index (χ3v) is 12.8. The fourth-order valence-corrected chi connectivity index (χ4v) is 10.6. The van der Waals surface area contributed by atoms with Gasteiger partial charge in [-0.25, -0.2) is 8.42 Å². The van der Waals surface area contributed by atoms with Gasteiger partial charge in [0.25, 0.3) is 0 Å². The Labute approximate surface area is 317 Å². The van der Waals surface area contributed by atoms with Crippen LogP contribution in [0.1, 0.15) is 32.2 Å². The highest BCUT2D eigenvalue weighted by molar-refractivity contribution is 8.33. The minimum Gasteiger partial charge on any atom is -0.487 e. The third kappa shape index (κ3) is 9.84. The van der Waals surface area contributed by atoms with Gasteiger partial charge in [0, 0.05) is 27.1 Å². The molecule has 278 valence electrons. The summed E-state index contributed by atoms with van der Waals surface area (Å²) in [5.74, 6) is 0.823. The van der Waals surface area contributed by atoms with E-state index in [1.165, 1.54) is 12.1 Å². The number of hydrogen-bond acceptors (Lipinski definition) is 10. The van der Waals surface area contributed by atoms with Crippen LogP contribution in [-0.4, -0.2) is 36.6 Å². The van der Waals surface area contributed by atoms with E-state index in [0.717, 1.165) is 11.4 Å². The smallest absolute Gasteiger partial charge is 0.344 e. The number of hydrogen-bond donors (Lipinski definition) is 0. The van der Waals surface area contributed by atoms with Crippen LogP contribution in [0.3, 0.4) is 0 Å². The lowest BCUT2D eigenvalue weighted by Gasteiger charge is -2.39. The summed E-state index contributed by atoms with van der Waals surface area (Å²) in [6.45, 7) is 5.42. The van der Waals surface area contributed by atoms with Crippen molar-refractivity contribution in [2.24, 2.45) is 0 Å². The van der Waals surface area contributed by atoms with Crippen molar-refractivity contribution in [2.45, 2.75) is 59.2 Å². The maximum atomic E-state index is 14.4. The topological polar surface area (TPSA) is 123 Å². The van der Waals surface area contributed by atoms with Crippen LogP contribution in [0, 0.1) is 0 Å². The molecule has 0 amide bonds. The molecule has 0 atom stereocenters. The fraction of sp³-hybridized carbons (Fsp3) is 0.167. The van der Waals surface area contributed by atoms with Gasteiger partial charge in [0.1, 0.15) is 36.1 Å². The molecule has 4 aromatic carbocycles. The second-order valence-corrected chi connectivity index (χ2v) is 17.4. The van der Waals surface area contributed by atoms with Gasteiger partial charge in [-0.15, -0.1) is 0 Å². The van der Waals surface area contributed by atoms with E-state index < -0.39 is 32.0 Å². The number of carbonyl (C=O) groups is 1. The van der Waals surface area contributed by atoms with Gasteiger partial charge < -0.3 is 18.9 Å². The standard InChI is InChI=1S/C42H40N2O8S2/c1-42(2,3)51-41(45)31-50-34-21-23-37(24-22-34)53(52-54(46,47)38-17-5-4-6-18-38,39-19-11-15-35(27-39)48-29-32-13-7-9-25-43-32)40-20-12-16-36(28-40)49-30-33-14-8-10-26-44-33/h4-28H,29-31H2,1-3H3. The zero-order valence-electron chi connectivity index (χ0n) is 30.0. The Morgan fingerprint density at radius 1 is 0.556 bits per heavy atom. The van der Waals surface area contributed by atoms with E-state index in [1.807, 2.05) is 48.5 Å². The van der Waals surface area contributed by atoms with E-state index >= 15 is 0 Å². The van der Waals surface area contributed by atoms with E-state index in [1.54, 1.807) is 112 Å². The summed E-state index contributed by atoms with van der Waals surface area (Å²) in [4.78, 5) is 22.7. The molecule has 0 bridgehead atoms. The molecular formula is C42H40N2O8S2. The minimum absolute atomic E-state index is 0.00991. The van der Waals surface area contributed by atoms with Gasteiger partial charge in [-0.1, -0.05) is 42.5 Å². The highest BCUT2D eigenvalue weighted by Gasteiger charge is 2.39. The largest absolute Gasteiger partial charge is 0.487 e. The van der Waals surface area contributed by atoms with Crippen LogP contribution in [0.5, 0.6) is 17.2 Å². The Balaban J connectivity index is 1.47. The lowest BCUT2D eigenvalue weighted by molar-refractivity contribution is -0.157. The minimum atomic E-state index is -4.40. The first-order valence-electron chi connectivity index (χ1n) is 17.1. The number of nitrogens with zero attached hydrogens (tertiary/aromatic N) is 2. The second kappa shape index (κ2) is 17.0. The van der Waals surface area contributed by atoms with Crippen LogP contribution in [0.25, 0.3) is 0 Å². The lowest BCUT2D eigenvalue weighted by Crippen LogP contribution is -2.27. The van der Waals surface area contributed by atoms with Gasteiger partial charge in [-0.2, -0.15) is 8.42 Å². The molecule has 0 aliphatic heterocycles. The van der Waals surface area contributed by atoms with Crippen LogP contribution >= 0.6 is 10.3 Å². The van der Waals surface area contributed by atoms with E-state index in [2.05, 4.69) is 9.97 Å². The van der Waals surface area contributed by atoms with Crippen molar-refractivity contribution in [2.75, 3.05) is 6.61 Å². The third-order valence-electron chi connectivity index (χ3n) is 7.66. The van der Waals surface area contributed by atoms with Gasteiger partial charge in [-0.05, 0) is 128 Å². The molecule has 6 rings (SSSR count). The van der Waals surface area contributed by atoms with Crippen LogP contribution in [0.15, 0.2) is 172 Å². The number of ether oxygens (including phenoxy) is 4. The molecular weight excluding hydrogens is 725 g/mol. The summed E-state index contributed by atoms with van der Waals surface area (Å²) in [6.07, 6.45) is 3.38. The monoisotopic (exact) mass is 764 g/mol. The summed E-state index contributed by atoms with van der Waals surface area (Å²) >= 11 is 0. The van der Waals surface area contributed by atoms with Crippen LogP contribution in [0.4, 0.5) is 0 Å². The molecule has 0 N–H and O–H groups in total. The molecule has 0 radical (unpaired) electrons. The number of aromatic nitrogens is 2. The maximum Gasteiger partial charge on any atom is 0.344 e. The molecule has 6 aromatic rings. The first-order valence-corrected chi connectivity index (χ1v) is 20.0. The molecule has 0 saturated carbocycles. The number of esters is 1. The van der Waals surface area contributed by atoms with E-state index in [4.69, 9.17) is 22.6 Å². The molecule has 2 aromatic heterocycles. The van der Waals surface area contributed by atoms with Crippen molar-refractivity contribution in [1.82, 2.24) is 9.97 Å². The van der Waals surface area contributed by atoms with Gasteiger partial charge >= 0.3 is 16.1 Å². The maximum absolute atomic E-state index is 14.4. The lowest BCUT2D eigenvalue weighted by atomic mass is 10.2. The molecule has 0 saturated heterocycles. The Morgan fingerprint density at radius 3 is 1.57 bits per heavy atom. The summed E-state index contributed by atoms with van der Waals surface area (Å²) < 4.78 is 58.9. The molecule has 12 heteroatoms. The summed E-state index contributed by atoms with van der Waals surface area (Å²) in [6, 6.07) is 40.3. The average Bonchev–Trinajstić information content (AvgIpc) is 3.18. The first kappa shape index (κ1) is 38.0. The zero-order chi connectivity index (χ0) is 38.0. The highest BCUT2D eigenvalue weighted by atomic mass is 32.3. The normalized spacial score (nSPS) is 12.1. The Hall–Kier alpha value is -5.69. The van der Waals surface area contributed by atoms with Crippen LogP contribution in [0.2, 0.25) is 0 Å². The number of carbonyl (C=O) groups excluding carboxylic acids is 1. The van der Waals surface area contributed by atoms with Crippen molar-refractivity contribution < 1.29 is 35.8 Å². The van der Waals surface area contributed by atoms with Crippen molar-refractivity contribution in [3.8, 4) is 17.2 Å². The Kier molecular flexibility index (Phi) is 12.0. The fourth-order valence-electron chi connectivity index (χ4n) is 5.29. The number of rotatable bonds is 15. The molecule has 0 fully saturated rings. The van der Waals surface area contributed by atoms with E-state index in [9.17, 15) is 13.2 Å². The highest BCUT2D eigenvalue weighted by Crippen LogP contribution is 2.71. The Morgan fingerprint density at radius 2 is 1.07 bits per heavy atom. The van der Waals surface area contributed by atoms with Crippen LogP contribution in [-0.2, 0) is 36.5 Å². The molecule has 0 aliphatic rings. The van der Waals surface area contributed by atoms with Gasteiger partial charge in [0.15, 0.2) is 6.61 Å². The van der Waals surface area contributed by atoms with Crippen molar-refractivity contribution in [3.63, 3.8) is 0 Å². The summed E-state index contributed by atoms with van der Waals surface area (Å²) in [7, 11) is -7.55. The summed E-state index contributed by atoms with van der Waals surface area (Å²) in [5.41, 5.74) is 0.786. The van der Waals surface area contributed by atoms with Crippen molar-refractivity contribution in [3.05, 3.63) is 163 Å².